The molecule has 0 aliphatic rings. The molecule has 0 fully saturated rings. The number of hydrogen-bond acceptors (Lipinski definition) is 2. The Morgan fingerprint density at radius 3 is 2.56 bits per heavy atom. The van der Waals surface area contributed by atoms with Crippen molar-refractivity contribution in [1.29, 1.82) is 0 Å². The van der Waals surface area contributed by atoms with Gasteiger partial charge in [-0.25, -0.2) is 4.72 Å². The SMILES string of the molecule is Cc1cccc(CCNS(=O)(=O)N(C)C)c1. The van der Waals surface area contributed by atoms with Gasteiger partial charge in [0.25, 0.3) is 10.2 Å². The first-order chi connectivity index (χ1) is 7.42. The first-order valence-corrected chi connectivity index (χ1v) is 6.58. The summed E-state index contributed by atoms with van der Waals surface area (Å²) in [5, 5.41) is 0. The van der Waals surface area contributed by atoms with Crippen LogP contribution in [0.1, 0.15) is 11.1 Å². The molecule has 1 N–H and O–H groups in total. The van der Waals surface area contributed by atoms with Gasteiger partial charge in [-0.2, -0.15) is 12.7 Å². The molecule has 1 rings (SSSR count). The topological polar surface area (TPSA) is 49.4 Å². The highest BCUT2D eigenvalue weighted by molar-refractivity contribution is 7.87. The molecule has 0 atom stereocenters. The van der Waals surface area contributed by atoms with Crippen LogP contribution in [-0.4, -0.2) is 33.4 Å². The molecule has 5 heteroatoms. The lowest BCUT2D eigenvalue weighted by atomic mass is 10.1. The Labute approximate surface area is 97.5 Å². The molecule has 4 nitrogen and oxygen atoms in total. The van der Waals surface area contributed by atoms with E-state index < -0.39 is 10.2 Å². The number of aryl methyl sites for hydroxylation is 1. The fourth-order valence-electron chi connectivity index (χ4n) is 1.32. The maximum Gasteiger partial charge on any atom is 0.278 e. The zero-order chi connectivity index (χ0) is 12.2. The lowest BCUT2D eigenvalue weighted by Gasteiger charge is -2.12. The van der Waals surface area contributed by atoms with Gasteiger partial charge in [0, 0.05) is 20.6 Å². The third-order valence-electron chi connectivity index (χ3n) is 2.26. The molecular formula is C11H18N2O2S. The molecular weight excluding hydrogens is 224 g/mol. The first kappa shape index (κ1) is 13.2. The standard InChI is InChI=1S/C11H18N2O2S/c1-10-5-4-6-11(9-10)7-8-12-16(14,15)13(2)3/h4-6,9,12H,7-8H2,1-3H3. The minimum Gasteiger partial charge on any atom is -0.202 e. The molecule has 0 saturated carbocycles. The minimum atomic E-state index is -3.30. The zero-order valence-electron chi connectivity index (χ0n) is 9.90. The molecule has 0 bridgehead atoms. The summed E-state index contributed by atoms with van der Waals surface area (Å²) in [7, 11) is -0.277. The highest BCUT2D eigenvalue weighted by atomic mass is 32.2. The Hall–Kier alpha value is -0.910. The fourth-order valence-corrected chi connectivity index (χ4v) is 1.94. The molecule has 0 radical (unpaired) electrons. The van der Waals surface area contributed by atoms with Crippen molar-refractivity contribution >= 4 is 10.2 Å². The molecule has 0 aliphatic carbocycles. The van der Waals surface area contributed by atoms with Crippen molar-refractivity contribution in [2.45, 2.75) is 13.3 Å². The third kappa shape index (κ3) is 3.92. The van der Waals surface area contributed by atoms with Crippen molar-refractivity contribution in [2.75, 3.05) is 20.6 Å². The van der Waals surface area contributed by atoms with Crippen LogP contribution in [0.5, 0.6) is 0 Å². The summed E-state index contributed by atoms with van der Waals surface area (Å²) in [6.45, 7) is 2.44. The van der Waals surface area contributed by atoms with Gasteiger partial charge in [0.1, 0.15) is 0 Å². The van der Waals surface area contributed by atoms with Crippen molar-refractivity contribution in [3.63, 3.8) is 0 Å². The van der Waals surface area contributed by atoms with Gasteiger partial charge in [0.2, 0.25) is 0 Å². The Bertz CT molecular complexity index is 441. The predicted octanol–water partition coefficient (Wildman–Crippen LogP) is 0.934. The van der Waals surface area contributed by atoms with Gasteiger partial charge in [-0.15, -0.1) is 0 Å². The van der Waals surface area contributed by atoms with E-state index in [-0.39, 0.29) is 0 Å². The maximum atomic E-state index is 11.4. The smallest absolute Gasteiger partial charge is 0.202 e. The van der Waals surface area contributed by atoms with Gasteiger partial charge in [0.05, 0.1) is 0 Å². The quantitative estimate of drug-likeness (QED) is 0.835. The second kappa shape index (κ2) is 5.43. The van der Waals surface area contributed by atoms with E-state index in [1.165, 1.54) is 24.0 Å². The monoisotopic (exact) mass is 242 g/mol. The number of hydrogen-bond donors (Lipinski definition) is 1. The van der Waals surface area contributed by atoms with E-state index in [0.29, 0.717) is 13.0 Å². The first-order valence-electron chi connectivity index (χ1n) is 5.14. The summed E-state index contributed by atoms with van der Waals surface area (Å²) in [6.07, 6.45) is 0.703. The highest BCUT2D eigenvalue weighted by Gasteiger charge is 2.11. The molecule has 0 saturated heterocycles. The van der Waals surface area contributed by atoms with Crippen LogP contribution in [0.3, 0.4) is 0 Å². The van der Waals surface area contributed by atoms with Gasteiger partial charge < -0.3 is 0 Å². The normalized spacial score (nSPS) is 12.0. The van der Waals surface area contributed by atoms with E-state index in [1.54, 1.807) is 0 Å². The van der Waals surface area contributed by atoms with Gasteiger partial charge >= 0.3 is 0 Å². The zero-order valence-corrected chi connectivity index (χ0v) is 10.7. The van der Waals surface area contributed by atoms with Crippen LogP contribution < -0.4 is 4.72 Å². The number of rotatable bonds is 5. The van der Waals surface area contributed by atoms with Gasteiger partial charge in [0.15, 0.2) is 0 Å². The predicted molar refractivity (Wildman–Crippen MR) is 65.5 cm³/mol. The number of nitrogens with one attached hydrogen (secondary N) is 1. The van der Waals surface area contributed by atoms with E-state index in [2.05, 4.69) is 10.8 Å². The van der Waals surface area contributed by atoms with Crippen molar-refractivity contribution < 1.29 is 8.42 Å². The average Bonchev–Trinajstić information content (AvgIpc) is 2.17. The third-order valence-corrected chi connectivity index (χ3v) is 3.79. The summed E-state index contributed by atoms with van der Waals surface area (Å²) in [5.41, 5.74) is 2.33. The average molecular weight is 242 g/mol. The molecule has 1 aromatic carbocycles. The molecule has 0 unspecified atom stereocenters. The van der Waals surface area contributed by atoms with Crippen LogP contribution in [0.15, 0.2) is 24.3 Å². The Morgan fingerprint density at radius 2 is 2.00 bits per heavy atom. The van der Waals surface area contributed by atoms with Crippen LogP contribution >= 0.6 is 0 Å². The summed E-state index contributed by atoms with van der Waals surface area (Å²) in [6, 6.07) is 8.06. The van der Waals surface area contributed by atoms with Crippen LogP contribution in [0.2, 0.25) is 0 Å². The second-order valence-electron chi connectivity index (χ2n) is 3.92. The summed E-state index contributed by atoms with van der Waals surface area (Å²) >= 11 is 0. The van der Waals surface area contributed by atoms with Crippen molar-refractivity contribution in [3.05, 3.63) is 35.4 Å². The Morgan fingerprint density at radius 1 is 1.31 bits per heavy atom. The molecule has 16 heavy (non-hydrogen) atoms. The summed E-state index contributed by atoms with van der Waals surface area (Å²) in [5.74, 6) is 0. The van der Waals surface area contributed by atoms with E-state index in [9.17, 15) is 8.42 Å². The molecule has 0 heterocycles. The largest absolute Gasteiger partial charge is 0.278 e. The number of benzene rings is 1. The van der Waals surface area contributed by atoms with Crippen LogP contribution in [0, 0.1) is 6.92 Å². The fraction of sp³-hybridized carbons (Fsp3) is 0.455. The molecule has 1 aromatic rings. The second-order valence-corrected chi connectivity index (χ2v) is 5.89. The molecule has 0 amide bonds. The molecule has 90 valence electrons. The van der Waals surface area contributed by atoms with Gasteiger partial charge in [-0.05, 0) is 18.9 Å². The van der Waals surface area contributed by atoms with Gasteiger partial charge in [-0.3, -0.25) is 0 Å². The maximum absolute atomic E-state index is 11.4. The summed E-state index contributed by atoms with van der Waals surface area (Å²) < 4.78 is 26.5. The van der Waals surface area contributed by atoms with Crippen LogP contribution in [0.25, 0.3) is 0 Å². The van der Waals surface area contributed by atoms with E-state index in [0.717, 1.165) is 5.56 Å². The minimum absolute atomic E-state index is 0.421. The molecule has 0 aromatic heterocycles. The van der Waals surface area contributed by atoms with E-state index in [1.807, 2.05) is 25.1 Å². The number of nitrogens with zero attached hydrogens (tertiary/aromatic N) is 1. The molecule has 0 aliphatic heterocycles. The highest BCUT2D eigenvalue weighted by Crippen LogP contribution is 2.04. The van der Waals surface area contributed by atoms with Gasteiger partial charge in [-0.1, -0.05) is 29.8 Å². The van der Waals surface area contributed by atoms with Crippen LogP contribution in [0.4, 0.5) is 0 Å². The lowest BCUT2D eigenvalue weighted by molar-refractivity contribution is 0.506. The van der Waals surface area contributed by atoms with E-state index in [4.69, 9.17) is 0 Å². The Kier molecular flexibility index (Phi) is 4.46. The lowest BCUT2D eigenvalue weighted by Crippen LogP contribution is -2.36. The van der Waals surface area contributed by atoms with Crippen molar-refractivity contribution in [2.24, 2.45) is 0 Å². The van der Waals surface area contributed by atoms with Crippen molar-refractivity contribution in [1.82, 2.24) is 9.03 Å². The Balaban J connectivity index is 2.48. The van der Waals surface area contributed by atoms with E-state index >= 15 is 0 Å². The molecule has 0 spiro atoms. The van der Waals surface area contributed by atoms with Crippen LogP contribution in [-0.2, 0) is 16.6 Å². The summed E-state index contributed by atoms with van der Waals surface area (Å²) in [4.78, 5) is 0. The van der Waals surface area contributed by atoms with Crippen molar-refractivity contribution in [3.8, 4) is 0 Å².